The van der Waals surface area contributed by atoms with Gasteiger partial charge in [0.1, 0.15) is 0 Å². The van der Waals surface area contributed by atoms with Gasteiger partial charge in [0, 0.05) is 11.5 Å². The summed E-state index contributed by atoms with van der Waals surface area (Å²) in [6.45, 7) is 1.83. The van der Waals surface area contributed by atoms with Gasteiger partial charge in [-0.1, -0.05) is 56.2 Å². The molecule has 0 heterocycles. The molecule has 0 radical (unpaired) electrons. The monoisotopic (exact) mass is 436 g/mol. The van der Waals surface area contributed by atoms with E-state index in [1.807, 2.05) is 6.92 Å². The molecule has 158 valence electrons. The molecule has 29 heavy (non-hydrogen) atoms. The number of carbonyl (C=O) groups excluding carboxylic acids is 1. The molecule has 9 heteroatoms. The van der Waals surface area contributed by atoms with Crippen molar-refractivity contribution in [1.82, 2.24) is 0 Å². The summed E-state index contributed by atoms with van der Waals surface area (Å²) >= 11 is 0. The Hall–Kier alpha value is -2.08. The summed E-state index contributed by atoms with van der Waals surface area (Å²) in [5.74, 6) is 0. The van der Waals surface area contributed by atoms with Crippen molar-refractivity contribution in [3.05, 3.63) is 65.2 Å². The predicted molar refractivity (Wildman–Crippen MR) is 98.9 cm³/mol. The Bertz CT molecular complexity index is 871. The zero-order chi connectivity index (χ0) is 21.9. The van der Waals surface area contributed by atoms with E-state index in [0.29, 0.717) is 31.0 Å². The van der Waals surface area contributed by atoms with E-state index < -0.39 is 41.7 Å². The molecule has 2 nitrogen and oxygen atoms in total. The lowest BCUT2D eigenvalue weighted by molar-refractivity contribution is -0.143. The van der Waals surface area contributed by atoms with E-state index in [4.69, 9.17) is 0 Å². The van der Waals surface area contributed by atoms with Gasteiger partial charge in [0.25, 0.3) is 0 Å². The second-order valence-corrected chi connectivity index (χ2v) is 9.38. The first-order valence-corrected chi connectivity index (χ1v) is 10.8. The van der Waals surface area contributed by atoms with Gasteiger partial charge in [0.05, 0.1) is 16.7 Å². The Labute approximate surface area is 164 Å². The number of hydrogen-bond donors (Lipinski definition) is 0. The van der Waals surface area contributed by atoms with Crippen molar-refractivity contribution in [1.29, 1.82) is 0 Å². The van der Waals surface area contributed by atoms with Gasteiger partial charge < -0.3 is 4.57 Å². The van der Waals surface area contributed by atoms with Gasteiger partial charge in [-0.3, -0.25) is 4.79 Å². The molecule has 0 saturated carbocycles. The van der Waals surface area contributed by atoms with Crippen molar-refractivity contribution in [2.24, 2.45) is 0 Å². The summed E-state index contributed by atoms with van der Waals surface area (Å²) in [5, 5.41) is -0.0498. The summed E-state index contributed by atoms with van der Waals surface area (Å²) in [7, 11) is -4.25. The molecule has 0 aromatic heterocycles. The molecule has 2 rings (SSSR count). The van der Waals surface area contributed by atoms with Crippen molar-refractivity contribution in [2.75, 3.05) is 6.16 Å². The molecule has 2 aromatic rings. The van der Waals surface area contributed by atoms with Crippen molar-refractivity contribution in [2.45, 2.75) is 38.5 Å². The third-order valence-electron chi connectivity index (χ3n) is 4.47. The molecule has 2 aromatic carbocycles. The fourth-order valence-electron chi connectivity index (χ4n) is 3.04. The maximum atomic E-state index is 13.7. The van der Waals surface area contributed by atoms with Gasteiger partial charge >= 0.3 is 12.4 Å². The van der Waals surface area contributed by atoms with Crippen LogP contribution < -0.4 is 5.30 Å². The average molecular weight is 436 g/mol. The molecule has 0 aliphatic carbocycles. The van der Waals surface area contributed by atoms with E-state index in [2.05, 4.69) is 0 Å². The molecule has 0 aliphatic rings. The topological polar surface area (TPSA) is 34.1 Å². The molecule has 0 spiro atoms. The van der Waals surface area contributed by atoms with E-state index in [9.17, 15) is 35.7 Å². The fraction of sp³-hybridized carbons (Fsp3) is 0.350. The van der Waals surface area contributed by atoms with Gasteiger partial charge in [0.2, 0.25) is 5.52 Å². The lowest BCUT2D eigenvalue weighted by Crippen LogP contribution is -2.24. The van der Waals surface area contributed by atoms with Crippen LogP contribution >= 0.6 is 7.14 Å². The van der Waals surface area contributed by atoms with E-state index in [0.717, 1.165) is 0 Å². The van der Waals surface area contributed by atoms with Crippen molar-refractivity contribution < 1.29 is 35.7 Å². The molecule has 0 saturated heterocycles. The second-order valence-electron chi connectivity index (χ2n) is 6.53. The standard InChI is InChI=1S/C20H19F6O2P/c1-2-3-7-13-29(28,14-9-5-4-6-10-14)18(27)17-15(19(21,22)23)11-8-12-16(17)20(24,25)26/h4-6,8-12H,2-3,7,13H2,1H3. The zero-order valence-corrected chi connectivity index (χ0v) is 16.4. The maximum Gasteiger partial charge on any atom is 0.417 e. The summed E-state index contributed by atoms with van der Waals surface area (Å²) in [6, 6.07) is 8.43. The highest BCUT2D eigenvalue weighted by Gasteiger charge is 2.47. The highest BCUT2D eigenvalue weighted by atomic mass is 31.2. The van der Waals surface area contributed by atoms with Crippen LogP contribution in [-0.2, 0) is 16.9 Å². The second kappa shape index (κ2) is 8.74. The van der Waals surface area contributed by atoms with Crippen LogP contribution in [0.2, 0.25) is 0 Å². The number of alkyl halides is 6. The first kappa shape index (κ1) is 23.2. The first-order chi connectivity index (χ1) is 13.4. The van der Waals surface area contributed by atoms with Crippen molar-refractivity contribution in [3.8, 4) is 0 Å². The molecule has 0 N–H and O–H groups in total. The number of carbonyl (C=O) groups is 1. The number of hydrogen-bond acceptors (Lipinski definition) is 2. The molecular weight excluding hydrogens is 417 g/mol. The summed E-state index contributed by atoms with van der Waals surface area (Å²) in [4.78, 5) is 13.1. The summed E-state index contributed by atoms with van der Waals surface area (Å²) < 4.78 is 94.5. The van der Waals surface area contributed by atoms with E-state index in [1.165, 1.54) is 24.3 Å². The maximum absolute atomic E-state index is 13.7. The number of unbranched alkanes of at least 4 members (excludes halogenated alkanes) is 2. The predicted octanol–water partition coefficient (Wildman–Crippen LogP) is 6.74. The largest absolute Gasteiger partial charge is 0.417 e. The third-order valence-corrected chi connectivity index (χ3v) is 7.43. The van der Waals surface area contributed by atoms with Gasteiger partial charge in [-0.25, -0.2) is 0 Å². The van der Waals surface area contributed by atoms with Crippen LogP contribution in [0.1, 0.15) is 47.7 Å². The van der Waals surface area contributed by atoms with Gasteiger partial charge in [-0.05, 0) is 18.6 Å². The van der Waals surface area contributed by atoms with Crippen LogP contribution in [0.25, 0.3) is 0 Å². The highest BCUT2D eigenvalue weighted by Crippen LogP contribution is 2.52. The van der Waals surface area contributed by atoms with Crippen molar-refractivity contribution >= 4 is 18.0 Å². The lowest BCUT2D eigenvalue weighted by atomic mass is 10.0. The Morgan fingerprint density at radius 1 is 0.828 bits per heavy atom. The molecule has 0 aliphatic heterocycles. The summed E-state index contributed by atoms with van der Waals surface area (Å²) in [5.41, 5.74) is -6.65. The minimum Gasteiger partial charge on any atom is -0.310 e. The van der Waals surface area contributed by atoms with Crippen LogP contribution in [0.5, 0.6) is 0 Å². The highest BCUT2D eigenvalue weighted by molar-refractivity contribution is 7.87. The molecule has 1 unspecified atom stereocenters. The number of rotatable bonds is 7. The quantitative estimate of drug-likeness (QED) is 0.274. The Morgan fingerprint density at radius 3 is 1.79 bits per heavy atom. The van der Waals surface area contributed by atoms with Gasteiger partial charge in [-0.2, -0.15) is 26.3 Å². The van der Waals surface area contributed by atoms with Gasteiger partial charge in [-0.15, -0.1) is 0 Å². The Kier molecular flexibility index (Phi) is 6.99. The first-order valence-electron chi connectivity index (χ1n) is 8.90. The minimum atomic E-state index is -5.21. The van der Waals surface area contributed by atoms with Crippen LogP contribution in [0.4, 0.5) is 26.3 Å². The van der Waals surface area contributed by atoms with E-state index in [-0.39, 0.29) is 17.9 Å². The SMILES string of the molecule is CCCCCP(=O)(C(=O)c1c(C(F)(F)F)cccc1C(F)(F)F)c1ccccc1. The normalized spacial score (nSPS) is 14.4. The molecule has 1 atom stereocenters. The lowest BCUT2D eigenvalue weighted by Gasteiger charge is -2.23. The molecule has 0 amide bonds. The third kappa shape index (κ3) is 5.10. The minimum absolute atomic E-state index is 0.0498. The number of halogens is 6. The molecule has 0 bridgehead atoms. The number of benzene rings is 2. The van der Waals surface area contributed by atoms with E-state index >= 15 is 0 Å². The van der Waals surface area contributed by atoms with Crippen LogP contribution in [-0.4, -0.2) is 11.7 Å². The fourth-order valence-corrected chi connectivity index (χ4v) is 5.66. The Balaban J connectivity index is 2.75. The van der Waals surface area contributed by atoms with Crippen LogP contribution in [0, 0.1) is 0 Å². The Morgan fingerprint density at radius 2 is 1.34 bits per heavy atom. The van der Waals surface area contributed by atoms with Crippen LogP contribution in [0.15, 0.2) is 48.5 Å². The zero-order valence-electron chi connectivity index (χ0n) is 15.5. The van der Waals surface area contributed by atoms with Gasteiger partial charge in [0.15, 0.2) is 7.14 Å². The summed E-state index contributed by atoms with van der Waals surface area (Å²) in [6.07, 6.45) is -9.27. The average Bonchev–Trinajstić information content (AvgIpc) is 2.66. The van der Waals surface area contributed by atoms with E-state index in [1.54, 1.807) is 6.07 Å². The molecule has 0 fully saturated rings. The molecular formula is C20H19F6O2P. The van der Waals surface area contributed by atoms with Crippen LogP contribution in [0.3, 0.4) is 0 Å². The van der Waals surface area contributed by atoms with Crippen molar-refractivity contribution in [3.63, 3.8) is 0 Å². The smallest absolute Gasteiger partial charge is 0.310 e.